The van der Waals surface area contributed by atoms with Gasteiger partial charge in [0.1, 0.15) is 0 Å². The molecule has 2 atom stereocenters. The number of rotatable bonds is 5. The van der Waals surface area contributed by atoms with E-state index >= 15 is 0 Å². The Kier molecular flexibility index (Phi) is 4.58. The molecule has 0 aliphatic carbocycles. The lowest BCUT2D eigenvalue weighted by atomic mass is 10.1. The van der Waals surface area contributed by atoms with Gasteiger partial charge >= 0.3 is 0 Å². The molecule has 0 spiro atoms. The third kappa shape index (κ3) is 3.15. The van der Waals surface area contributed by atoms with Crippen LogP contribution in [0.4, 0.5) is 0 Å². The van der Waals surface area contributed by atoms with Gasteiger partial charge in [0.25, 0.3) is 0 Å². The number of hydrogen-bond donors (Lipinski definition) is 1. The van der Waals surface area contributed by atoms with Crippen LogP contribution in [-0.4, -0.2) is 39.7 Å². The summed E-state index contributed by atoms with van der Waals surface area (Å²) in [5.41, 5.74) is 0.977. The standard InChI is InChI=1S/C14H24N4O/c1-4-11(3)18-8-6-12(16-18)10-17-9-7-15-13(5-2)14(17)19/h6,8,11,13,15H,4-5,7,9-10H2,1-3H3. The summed E-state index contributed by atoms with van der Waals surface area (Å²) in [6.45, 7) is 8.61. The van der Waals surface area contributed by atoms with Crippen molar-refractivity contribution in [2.24, 2.45) is 0 Å². The molecule has 5 heteroatoms. The Bertz CT molecular complexity index is 429. The maximum atomic E-state index is 12.2. The second-order valence-electron chi connectivity index (χ2n) is 5.22. The molecular formula is C14H24N4O. The second-order valence-corrected chi connectivity index (χ2v) is 5.22. The van der Waals surface area contributed by atoms with E-state index in [1.54, 1.807) is 0 Å². The minimum atomic E-state index is -0.0228. The summed E-state index contributed by atoms with van der Waals surface area (Å²) >= 11 is 0. The first-order valence-electron chi connectivity index (χ1n) is 7.21. The zero-order valence-corrected chi connectivity index (χ0v) is 12.1. The zero-order chi connectivity index (χ0) is 13.8. The number of nitrogens with zero attached hydrogens (tertiary/aromatic N) is 3. The molecule has 5 nitrogen and oxygen atoms in total. The van der Waals surface area contributed by atoms with Crippen LogP contribution in [0.2, 0.25) is 0 Å². The molecule has 1 fully saturated rings. The first kappa shape index (κ1) is 14.1. The van der Waals surface area contributed by atoms with Crippen LogP contribution in [0.25, 0.3) is 0 Å². The molecule has 0 bridgehead atoms. The summed E-state index contributed by atoms with van der Waals surface area (Å²) in [5.74, 6) is 0.201. The summed E-state index contributed by atoms with van der Waals surface area (Å²) < 4.78 is 1.99. The van der Waals surface area contributed by atoms with Crippen molar-refractivity contribution in [3.8, 4) is 0 Å². The fraction of sp³-hybridized carbons (Fsp3) is 0.714. The predicted molar refractivity (Wildman–Crippen MR) is 74.7 cm³/mol. The van der Waals surface area contributed by atoms with Crippen molar-refractivity contribution in [2.45, 2.75) is 52.2 Å². The molecule has 0 radical (unpaired) electrons. The maximum Gasteiger partial charge on any atom is 0.240 e. The lowest BCUT2D eigenvalue weighted by Gasteiger charge is -2.32. The van der Waals surface area contributed by atoms with Crippen LogP contribution in [0.15, 0.2) is 12.3 Å². The first-order chi connectivity index (χ1) is 9.15. The molecule has 2 unspecified atom stereocenters. The van der Waals surface area contributed by atoms with Crippen LogP contribution < -0.4 is 5.32 Å². The van der Waals surface area contributed by atoms with E-state index in [0.717, 1.165) is 31.6 Å². The van der Waals surface area contributed by atoms with Gasteiger partial charge in [-0.2, -0.15) is 5.10 Å². The molecule has 1 N–H and O–H groups in total. The minimum absolute atomic E-state index is 0.0228. The number of carbonyl (C=O) groups excluding carboxylic acids is 1. The molecule has 1 aliphatic rings. The van der Waals surface area contributed by atoms with E-state index in [1.165, 1.54) is 0 Å². The second kappa shape index (κ2) is 6.19. The van der Waals surface area contributed by atoms with Crippen molar-refractivity contribution >= 4 is 5.91 Å². The summed E-state index contributed by atoms with van der Waals surface area (Å²) in [5, 5.41) is 7.81. The fourth-order valence-electron chi connectivity index (χ4n) is 2.36. The Morgan fingerprint density at radius 2 is 2.32 bits per heavy atom. The smallest absolute Gasteiger partial charge is 0.240 e. The summed E-state index contributed by atoms with van der Waals surface area (Å²) in [6, 6.07) is 2.41. The highest BCUT2D eigenvalue weighted by atomic mass is 16.2. The molecule has 1 saturated heterocycles. The van der Waals surface area contributed by atoms with Gasteiger partial charge in [-0.15, -0.1) is 0 Å². The van der Waals surface area contributed by atoms with Crippen molar-refractivity contribution in [3.05, 3.63) is 18.0 Å². The van der Waals surface area contributed by atoms with E-state index in [2.05, 4.69) is 24.3 Å². The number of hydrogen-bond acceptors (Lipinski definition) is 3. The lowest BCUT2D eigenvalue weighted by Crippen LogP contribution is -2.54. The van der Waals surface area contributed by atoms with Crippen molar-refractivity contribution in [1.82, 2.24) is 20.0 Å². The topological polar surface area (TPSA) is 50.2 Å². The number of aromatic nitrogens is 2. The van der Waals surface area contributed by atoms with Gasteiger partial charge in [0.05, 0.1) is 18.3 Å². The molecule has 1 aromatic rings. The van der Waals surface area contributed by atoms with Crippen LogP contribution in [0.5, 0.6) is 0 Å². The number of carbonyl (C=O) groups is 1. The first-order valence-corrected chi connectivity index (χ1v) is 7.21. The normalized spacial score (nSPS) is 21.7. The molecule has 1 aliphatic heterocycles. The molecule has 2 rings (SSSR count). The molecule has 19 heavy (non-hydrogen) atoms. The van der Waals surface area contributed by atoms with Crippen LogP contribution in [-0.2, 0) is 11.3 Å². The van der Waals surface area contributed by atoms with E-state index in [0.29, 0.717) is 12.6 Å². The van der Waals surface area contributed by atoms with Gasteiger partial charge in [-0.1, -0.05) is 13.8 Å². The van der Waals surface area contributed by atoms with Gasteiger partial charge in [0, 0.05) is 25.3 Å². The van der Waals surface area contributed by atoms with Crippen LogP contribution in [0, 0.1) is 0 Å². The highest BCUT2D eigenvalue weighted by molar-refractivity contribution is 5.82. The highest BCUT2D eigenvalue weighted by Crippen LogP contribution is 2.12. The van der Waals surface area contributed by atoms with Crippen molar-refractivity contribution < 1.29 is 4.79 Å². The van der Waals surface area contributed by atoms with Crippen molar-refractivity contribution in [1.29, 1.82) is 0 Å². The number of nitrogens with one attached hydrogen (secondary N) is 1. The van der Waals surface area contributed by atoms with Gasteiger partial charge in [0.15, 0.2) is 0 Å². The van der Waals surface area contributed by atoms with Gasteiger partial charge in [-0.25, -0.2) is 0 Å². The average molecular weight is 264 g/mol. The van der Waals surface area contributed by atoms with Crippen molar-refractivity contribution in [2.75, 3.05) is 13.1 Å². The minimum Gasteiger partial charge on any atom is -0.334 e. The Balaban J connectivity index is 2.00. The monoisotopic (exact) mass is 264 g/mol. The van der Waals surface area contributed by atoms with Crippen LogP contribution in [0.3, 0.4) is 0 Å². The molecule has 106 valence electrons. The van der Waals surface area contributed by atoms with Crippen LogP contribution in [0.1, 0.15) is 45.3 Å². The summed E-state index contributed by atoms with van der Waals surface area (Å²) in [7, 11) is 0. The van der Waals surface area contributed by atoms with Crippen LogP contribution >= 0.6 is 0 Å². The van der Waals surface area contributed by atoms with Gasteiger partial charge in [0.2, 0.25) is 5.91 Å². The van der Waals surface area contributed by atoms with Gasteiger partial charge in [-0.05, 0) is 25.8 Å². The third-order valence-electron chi connectivity index (χ3n) is 3.85. The summed E-state index contributed by atoms with van der Waals surface area (Å²) in [4.78, 5) is 14.1. The average Bonchev–Trinajstić information content (AvgIpc) is 2.89. The predicted octanol–water partition coefficient (Wildman–Crippen LogP) is 1.56. The fourth-order valence-corrected chi connectivity index (χ4v) is 2.36. The van der Waals surface area contributed by atoms with E-state index in [1.807, 2.05) is 28.8 Å². The molecule has 1 amide bonds. The maximum absolute atomic E-state index is 12.2. The number of amides is 1. The Morgan fingerprint density at radius 1 is 1.53 bits per heavy atom. The lowest BCUT2D eigenvalue weighted by molar-refractivity contribution is -0.136. The largest absolute Gasteiger partial charge is 0.334 e. The quantitative estimate of drug-likeness (QED) is 0.878. The molecule has 2 heterocycles. The van der Waals surface area contributed by atoms with Gasteiger partial charge in [-0.3, -0.25) is 9.48 Å². The Labute approximate surface area is 115 Å². The van der Waals surface area contributed by atoms with Crippen molar-refractivity contribution in [3.63, 3.8) is 0 Å². The molecule has 0 saturated carbocycles. The third-order valence-corrected chi connectivity index (χ3v) is 3.85. The molecule has 1 aromatic heterocycles. The van der Waals surface area contributed by atoms with Gasteiger partial charge < -0.3 is 10.2 Å². The highest BCUT2D eigenvalue weighted by Gasteiger charge is 2.27. The zero-order valence-electron chi connectivity index (χ0n) is 12.1. The van der Waals surface area contributed by atoms with E-state index < -0.39 is 0 Å². The molecular weight excluding hydrogens is 240 g/mol. The molecule has 0 aromatic carbocycles. The van der Waals surface area contributed by atoms with E-state index in [-0.39, 0.29) is 11.9 Å². The number of piperazine rings is 1. The summed E-state index contributed by atoms with van der Waals surface area (Å²) in [6.07, 6.45) is 3.91. The Morgan fingerprint density at radius 3 is 3.00 bits per heavy atom. The van der Waals surface area contributed by atoms with E-state index in [4.69, 9.17) is 0 Å². The Hall–Kier alpha value is -1.36. The SMILES string of the molecule is CCC1NCCN(Cc2ccn(C(C)CC)n2)C1=O. The van der Waals surface area contributed by atoms with E-state index in [9.17, 15) is 4.79 Å².